The van der Waals surface area contributed by atoms with Gasteiger partial charge in [-0.3, -0.25) is 4.79 Å². The lowest BCUT2D eigenvalue weighted by atomic mass is 9.47. The number of esters is 1. The zero-order valence-electron chi connectivity index (χ0n) is 15.1. The molecular weight excluding hydrogens is 284 g/mol. The van der Waals surface area contributed by atoms with Crippen molar-refractivity contribution >= 4 is 5.97 Å². The Hall–Kier alpha value is -0.790. The molecule has 0 aromatic rings. The monoisotopic (exact) mass is 316 g/mol. The fourth-order valence-electron chi connectivity index (χ4n) is 6.97. The molecule has 2 heteroatoms. The van der Waals surface area contributed by atoms with E-state index in [1.165, 1.54) is 44.9 Å². The maximum atomic E-state index is 11.3. The molecule has 3 fully saturated rings. The molecule has 4 aliphatic rings. The molecule has 0 heterocycles. The molecule has 0 radical (unpaired) electrons. The van der Waals surface area contributed by atoms with Gasteiger partial charge in [-0.2, -0.15) is 0 Å². The highest BCUT2D eigenvalue weighted by Gasteiger charge is 2.54. The van der Waals surface area contributed by atoms with Crippen LogP contribution in [-0.4, -0.2) is 12.1 Å². The second kappa shape index (κ2) is 5.63. The summed E-state index contributed by atoms with van der Waals surface area (Å²) in [6.07, 6.45) is 12.0. The predicted octanol–water partition coefficient (Wildman–Crippen LogP) is 5.27. The molecule has 0 spiro atoms. The standard InChI is InChI=1S/C21H32O2/c1-13-4-6-18-17(13)8-9-20-19(18)7-5-15-12-16(23-14(2)22)10-11-21(15,20)3/h15-16,18-20H,4-12H2,1-3H3/t15-,16-,18+,19-,20-,21-/m0/s1. The van der Waals surface area contributed by atoms with Crippen molar-refractivity contribution in [1.82, 2.24) is 0 Å². The second-order valence-electron chi connectivity index (χ2n) is 9.05. The van der Waals surface area contributed by atoms with E-state index >= 15 is 0 Å². The molecule has 0 aromatic heterocycles. The third-order valence-electron chi connectivity index (χ3n) is 8.10. The molecule has 4 rings (SSSR count). The molecule has 3 saturated carbocycles. The summed E-state index contributed by atoms with van der Waals surface area (Å²) in [7, 11) is 0. The maximum absolute atomic E-state index is 11.3. The van der Waals surface area contributed by atoms with Gasteiger partial charge in [0.1, 0.15) is 6.10 Å². The largest absolute Gasteiger partial charge is 0.463 e. The van der Waals surface area contributed by atoms with Gasteiger partial charge in [0.2, 0.25) is 0 Å². The highest BCUT2D eigenvalue weighted by Crippen LogP contribution is 2.62. The first kappa shape index (κ1) is 15.7. The summed E-state index contributed by atoms with van der Waals surface area (Å²) in [6, 6.07) is 0. The minimum absolute atomic E-state index is 0.0961. The summed E-state index contributed by atoms with van der Waals surface area (Å²) in [5.41, 5.74) is 4.07. The van der Waals surface area contributed by atoms with E-state index in [-0.39, 0.29) is 12.1 Å². The van der Waals surface area contributed by atoms with E-state index in [1.54, 1.807) is 12.5 Å². The number of hydrogen-bond donors (Lipinski definition) is 0. The lowest BCUT2D eigenvalue weighted by Gasteiger charge is -2.58. The normalized spacial score (nSPS) is 46.0. The summed E-state index contributed by atoms with van der Waals surface area (Å²) < 4.78 is 5.56. The van der Waals surface area contributed by atoms with Crippen LogP contribution in [-0.2, 0) is 9.53 Å². The Bertz CT molecular complexity index is 534. The number of fused-ring (bicyclic) bond motifs is 5. The molecule has 0 aromatic carbocycles. The number of ether oxygens (including phenoxy) is 1. The molecule has 0 N–H and O–H groups in total. The molecule has 0 saturated heterocycles. The van der Waals surface area contributed by atoms with Gasteiger partial charge in [0.05, 0.1) is 0 Å². The van der Waals surface area contributed by atoms with Crippen LogP contribution in [0.25, 0.3) is 0 Å². The predicted molar refractivity (Wildman–Crippen MR) is 91.9 cm³/mol. The molecule has 6 atom stereocenters. The molecular formula is C21H32O2. The van der Waals surface area contributed by atoms with Crippen LogP contribution in [0.1, 0.15) is 78.6 Å². The highest BCUT2D eigenvalue weighted by molar-refractivity contribution is 5.66. The lowest BCUT2D eigenvalue weighted by molar-refractivity contribution is -0.155. The van der Waals surface area contributed by atoms with Gasteiger partial charge in [-0.05, 0) is 93.8 Å². The van der Waals surface area contributed by atoms with Crippen LogP contribution in [0.2, 0.25) is 0 Å². The molecule has 0 bridgehead atoms. The Kier molecular flexibility index (Phi) is 3.85. The number of carbonyl (C=O) groups is 1. The average molecular weight is 316 g/mol. The lowest BCUT2D eigenvalue weighted by Crippen LogP contribution is -2.51. The summed E-state index contributed by atoms with van der Waals surface area (Å²) in [5.74, 6) is 3.45. The third kappa shape index (κ3) is 2.48. The van der Waals surface area contributed by atoms with Gasteiger partial charge < -0.3 is 4.74 Å². The van der Waals surface area contributed by atoms with E-state index < -0.39 is 0 Å². The minimum atomic E-state index is -0.0961. The van der Waals surface area contributed by atoms with Crippen molar-refractivity contribution in [2.45, 2.75) is 84.7 Å². The van der Waals surface area contributed by atoms with E-state index in [2.05, 4.69) is 13.8 Å². The Balaban J connectivity index is 1.53. The Morgan fingerprint density at radius 1 is 1.13 bits per heavy atom. The van der Waals surface area contributed by atoms with Crippen molar-refractivity contribution in [2.75, 3.05) is 0 Å². The summed E-state index contributed by atoms with van der Waals surface area (Å²) in [6.45, 7) is 6.52. The minimum Gasteiger partial charge on any atom is -0.463 e. The van der Waals surface area contributed by atoms with E-state index in [9.17, 15) is 4.79 Å². The Labute approximate surface area is 141 Å². The zero-order valence-corrected chi connectivity index (χ0v) is 15.1. The molecule has 128 valence electrons. The average Bonchev–Trinajstić information content (AvgIpc) is 2.89. The smallest absolute Gasteiger partial charge is 0.302 e. The van der Waals surface area contributed by atoms with E-state index in [0.29, 0.717) is 5.41 Å². The van der Waals surface area contributed by atoms with Crippen LogP contribution in [0.5, 0.6) is 0 Å². The fraction of sp³-hybridized carbons (Fsp3) is 0.857. The number of rotatable bonds is 1. The number of allylic oxidation sites excluding steroid dienone is 2. The van der Waals surface area contributed by atoms with E-state index in [4.69, 9.17) is 4.74 Å². The highest BCUT2D eigenvalue weighted by atomic mass is 16.5. The van der Waals surface area contributed by atoms with Crippen LogP contribution in [0, 0.1) is 29.1 Å². The second-order valence-corrected chi connectivity index (χ2v) is 9.05. The van der Waals surface area contributed by atoms with Crippen molar-refractivity contribution in [2.24, 2.45) is 29.1 Å². The zero-order chi connectivity index (χ0) is 16.2. The SMILES string of the molecule is CC(=O)O[C@H]1CC[C@@]2(C)[C@@H](CC[C@H]3[C@@H]4CCC(C)=C4CC[C@@H]32)C1. The van der Waals surface area contributed by atoms with E-state index in [0.717, 1.165) is 36.5 Å². The molecule has 23 heavy (non-hydrogen) atoms. The topological polar surface area (TPSA) is 26.3 Å². The molecule has 0 aliphatic heterocycles. The van der Waals surface area contributed by atoms with Gasteiger partial charge in [0.15, 0.2) is 0 Å². The van der Waals surface area contributed by atoms with Gasteiger partial charge in [0.25, 0.3) is 0 Å². The van der Waals surface area contributed by atoms with Crippen molar-refractivity contribution in [3.05, 3.63) is 11.1 Å². The Morgan fingerprint density at radius 2 is 1.96 bits per heavy atom. The fourth-order valence-corrected chi connectivity index (χ4v) is 6.97. The third-order valence-corrected chi connectivity index (χ3v) is 8.10. The van der Waals surface area contributed by atoms with Crippen molar-refractivity contribution < 1.29 is 9.53 Å². The number of hydrogen-bond acceptors (Lipinski definition) is 2. The maximum Gasteiger partial charge on any atom is 0.302 e. The van der Waals surface area contributed by atoms with Crippen LogP contribution in [0.4, 0.5) is 0 Å². The summed E-state index contributed by atoms with van der Waals surface area (Å²) in [4.78, 5) is 11.3. The van der Waals surface area contributed by atoms with Gasteiger partial charge in [-0.15, -0.1) is 0 Å². The first-order chi connectivity index (χ1) is 11.0. The quantitative estimate of drug-likeness (QED) is 0.486. The van der Waals surface area contributed by atoms with Crippen molar-refractivity contribution in [3.63, 3.8) is 0 Å². The van der Waals surface area contributed by atoms with Gasteiger partial charge in [-0.25, -0.2) is 0 Å². The van der Waals surface area contributed by atoms with E-state index in [1.807, 2.05) is 5.57 Å². The van der Waals surface area contributed by atoms with Crippen LogP contribution in [0.15, 0.2) is 11.1 Å². The van der Waals surface area contributed by atoms with Crippen molar-refractivity contribution in [1.29, 1.82) is 0 Å². The summed E-state index contributed by atoms with van der Waals surface area (Å²) >= 11 is 0. The van der Waals surface area contributed by atoms with Crippen LogP contribution >= 0.6 is 0 Å². The van der Waals surface area contributed by atoms with Gasteiger partial charge >= 0.3 is 5.97 Å². The Morgan fingerprint density at radius 3 is 2.74 bits per heavy atom. The number of carbonyl (C=O) groups excluding carboxylic acids is 1. The first-order valence-electron chi connectivity index (χ1n) is 9.85. The summed E-state index contributed by atoms with van der Waals surface area (Å²) in [5, 5.41) is 0. The molecule has 0 unspecified atom stereocenters. The van der Waals surface area contributed by atoms with Crippen LogP contribution in [0.3, 0.4) is 0 Å². The first-order valence-corrected chi connectivity index (χ1v) is 9.85. The van der Waals surface area contributed by atoms with Gasteiger partial charge in [-0.1, -0.05) is 18.1 Å². The van der Waals surface area contributed by atoms with Crippen molar-refractivity contribution in [3.8, 4) is 0 Å². The molecule has 2 nitrogen and oxygen atoms in total. The van der Waals surface area contributed by atoms with Gasteiger partial charge in [0, 0.05) is 6.92 Å². The van der Waals surface area contributed by atoms with Crippen LogP contribution < -0.4 is 0 Å². The molecule has 4 aliphatic carbocycles. The molecule has 0 amide bonds.